The molecule has 0 radical (unpaired) electrons. The van der Waals surface area contributed by atoms with E-state index in [-0.39, 0.29) is 0 Å². The molecular formula is C17H24N4. The molecule has 0 saturated heterocycles. The second-order valence-corrected chi connectivity index (χ2v) is 6.57. The predicted molar refractivity (Wildman–Crippen MR) is 86.9 cm³/mol. The number of aromatic nitrogens is 3. The van der Waals surface area contributed by atoms with Crippen LogP contribution in [0.5, 0.6) is 0 Å². The molecule has 1 aliphatic heterocycles. The van der Waals surface area contributed by atoms with Gasteiger partial charge in [-0.05, 0) is 30.4 Å². The van der Waals surface area contributed by atoms with Gasteiger partial charge in [0.15, 0.2) is 0 Å². The Kier molecular flexibility index (Phi) is 4.06. The smallest absolute Gasteiger partial charge is 0.141 e. The SMILES string of the molecule is CC(C)CCN1CC(c2c[nH]c3ncncc23)=CC(C)C1. The highest BCUT2D eigenvalue weighted by atomic mass is 15.1. The van der Waals surface area contributed by atoms with Gasteiger partial charge in [0.05, 0.1) is 0 Å². The van der Waals surface area contributed by atoms with Gasteiger partial charge in [-0.25, -0.2) is 9.97 Å². The summed E-state index contributed by atoms with van der Waals surface area (Å²) in [5.41, 5.74) is 3.58. The van der Waals surface area contributed by atoms with Crippen LogP contribution in [0.4, 0.5) is 0 Å². The molecule has 1 N–H and O–H groups in total. The molecule has 3 heterocycles. The number of hydrogen-bond donors (Lipinski definition) is 1. The summed E-state index contributed by atoms with van der Waals surface area (Å²) >= 11 is 0. The third-order valence-corrected chi connectivity index (χ3v) is 4.15. The van der Waals surface area contributed by atoms with Crippen molar-refractivity contribution in [2.45, 2.75) is 27.2 Å². The van der Waals surface area contributed by atoms with Gasteiger partial charge in [-0.15, -0.1) is 0 Å². The summed E-state index contributed by atoms with van der Waals surface area (Å²) in [4.78, 5) is 14.3. The normalized spacial score (nSPS) is 20.2. The first-order chi connectivity index (χ1) is 10.1. The lowest BCUT2D eigenvalue weighted by Gasteiger charge is -2.31. The van der Waals surface area contributed by atoms with Gasteiger partial charge in [-0.2, -0.15) is 0 Å². The van der Waals surface area contributed by atoms with Crippen LogP contribution in [0.25, 0.3) is 16.6 Å². The van der Waals surface area contributed by atoms with Gasteiger partial charge in [-0.3, -0.25) is 4.90 Å². The maximum Gasteiger partial charge on any atom is 0.141 e. The number of H-pyrrole nitrogens is 1. The topological polar surface area (TPSA) is 44.8 Å². The standard InChI is InChI=1S/C17H24N4/c1-12(2)4-5-21-9-13(3)6-14(10-21)15-8-19-17-16(15)7-18-11-20-17/h6-8,11-13H,4-5,9-10H2,1-3H3,(H,18,19,20). The second kappa shape index (κ2) is 5.98. The fourth-order valence-electron chi connectivity index (χ4n) is 3.07. The summed E-state index contributed by atoms with van der Waals surface area (Å²) in [6.07, 6.45) is 9.24. The van der Waals surface area contributed by atoms with Crippen LogP contribution in [0.1, 0.15) is 32.8 Å². The minimum absolute atomic E-state index is 0.593. The van der Waals surface area contributed by atoms with Crippen molar-refractivity contribution >= 4 is 16.6 Å². The Hall–Kier alpha value is -1.68. The van der Waals surface area contributed by atoms with E-state index in [0.29, 0.717) is 5.92 Å². The summed E-state index contributed by atoms with van der Waals surface area (Å²) in [7, 11) is 0. The van der Waals surface area contributed by atoms with E-state index in [0.717, 1.165) is 30.0 Å². The van der Waals surface area contributed by atoms with Gasteiger partial charge in [0.25, 0.3) is 0 Å². The zero-order valence-electron chi connectivity index (χ0n) is 13.1. The Morgan fingerprint density at radius 2 is 2.29 bits per heavy atom. The van der Waals surface area contributed by atoms with Gasteiger partial charge in [0, 0.05) is 36.4 Å². The van der Waals surface area contributed by atoms with E-state index in [1.165, 1.54) is 24.1 Å². The first kappa shape index (κ1) is 14.3. The van der Waals surface area contributed by atoms with Gasteiger partial charge < -0.3 is 4.98 Å². The van der Waals surface area contributed by atoms with E-state index in [1.807, 2.05) is 6.20 Å². The van der Waals surface area contributed by atoms with E-state index in [4.69, 9.17) is 0 Å². The van der Waals surface area contributed by atoms with Crippen molar-refractivity contribution < 1.29 is 0 Å². The third kappa shape index (κ3) is 3.16. The summed E-state index contributed by atoms with van der Waals surface area (Å²) in [5, 5.41) is 1.13. The first-order valence-corrected chi connectivity index (χ1v) is 7.84. The van der Waals surface area contributed by atoms with Crippen molar-refractivity contribution in [1.82, 2.24) is 19.9 Å². The number of hydrogen-bond acceptors (Lipinski definition) is 3. The van der Waals surface area contributed by atoms with Gasteiger partial charge in [0.2, 0.25) is 0 Å². The number of rotatable bonds is 4. The van der Waals surface area contributed by atoms with Crippen LogP contribution in [-0.2, 0) is 0 Å². The average Bonchev–Trinajstić information content (AvgIpc) is 2.88. The molecule has 0 fully saturated rings. The molecule has 1 unspecified atom stereocenters. The lowest BCUT2D eigenvalue weighted by atomic mass is 9.96. The van der Waals surface area contributed by atoms with Crippen molar-refractivity contribution in [1.29, 1.82) is 0 Å². The number of fused-ring (bicyclic) bond motifs is 1. The van der Waals surface area contributed by atoms with Crippen LogP contribution in [0.2, 0.25) is 0 Å². The van der Waals surface area contributed by atoms with E-state index >= 15 is 0 Å². The summed E-state index contributed by atoms with van der Waals surface area (Å²) in [6, 6.07) is 0. The molecule has 0 spiro atoms. The molecular weight excluding hydrogens is 260 g/mol. The zero-order valence-corrected chi connectivity index (χ0v) is 13.1. The van der Waals surface area contributed by atoms with Crippen LogP contribution in [-0.4, -0.2) is 39.5 Å². The second-order valence-electron chi connectivity index (χ2n) is 6.57. The van der Waals surface area contributed by atoms with Gasteiger partial charge >= 0.3 is 0 Å². The van der Waals surface area contributed by atoms with Crippen molar-refractivity contribution in [3.8, 4) is 0 Å². The predicted octanol–water partition coefficient (Wildman–Crippen LogP) is 3.34. The Bertz CT molecular complexity index is 641. The maximum atomic E-state index is 4.29. The molecule has 21 heavy (non-hydrogen) atoms. The van der Waals surface area contributed by atoms with Crippen LogP contribution in [0.3, 0.4) is 0 Å². The molecule has 0 bridgehead atoms. The number of nitrogens with one attached hydrogen (secondary N) is 1. The molecule has 2 aromatic heterocycles. The van der Waals surface area contributed by atoms with Gasteiger partial charge in [0.1, 0.15) is 12.0 Å². The lowest BCUT2D eigenvalue weighted by Crippen LogP contribution is -2.34. The van der Waals surface area contributed by atoms with Crippen molar-refractivity contribution in [3.05, 3.63) is 30.4 Å². The minimum atomic E-state index is 0.593. The molecule has 4 heteroatoms. The molecule has 0 saturated carbocycles. The van der Waals surface area contributed by atoms with Crippen LogP contribution in [0, 0.1) is 11.8 Å². The van der Waals surface area contributed by atoms with E-state index in [9.17, 15) is 0 Å². The number of aromatic amines is 1. The summed E-state index contributed by atoms with van der Waals surface area (Å²) in [6.45, 7) is 10.3. The number of nitrogens with zero attached hydrogens (tertiary/aromatic N) is 3. The molecule has 0 aliphatic carbocycles. The Morgan fingerprint density at radius 3 is 3.10 bits per heavy atom. The molecule has 2 aromatic rings. The maximum absolute atomic E-state index is 4.29. The van der Waals surface area contributed by atoms with Crippen molar-refractivity contribution in [3.63, 3.8) is 0 Å². The zero-order chi connectivity index (χ0) is 14.8. The Morgan fingerprint density at radius 1 is 1.43 bits per heavy atom. The quantitative estimate of drug-likeness (QED) is 0.936. The molecule has 1 aliphatic rings. The van der Waals surface area contributed by atoms with Crippen LogP contribution < -0.4 is 0 Å². The molecule has 112 valence electrons. The lowest BCUT2D eigenvalue weighted by molar-refractivity contribution is 0.257. The van der Waals surface area contributed by atoms with Crippen LogP contribution in [0.15, 0.2) is 24.8 Å². The van der Waals surface area contributed by atoms with Gasteiger partial charge in [-0.1, -0.05) is 26.8 Å². The van der Waals surface area contributed by atoms with Crippen molar-refractivity contribution in [2.75, 3.05) is 19.6 Å². The molecule has 0 aromatic carbocycles. The Labute approximate surface area is 126 Å². The fraction of sp³-hybridized carbons (Fsp3) is 0.529. The third-order valence-electron chi connectivity index (χ3n) is 4.15. The molecule has 0 amide bonds. The molecule has 4 nitrogen and oxygen atoms in total. The molecule has 1 atom stereocenters. The fourth-order valence-corrected chi connectivity index (χ4v) is 3.07. The van der Waals surface area contributed by atoms with E-state index in [1.54, 1.807) is 6.33 Å². The Balaban J connectivity index is 1.84. The van der Waals surface area contributed by atoms with E-state index in [2.05, 4.69) is 52.9 Å². The van der Waals surface area contributed by atoms with E-state index < -0.39 is 0 Å². The van der Waals surface area contributed by atoms with Crippen molar-refractivity contribution in [2.24, 2.45) is 11.8 Å². The van der Waals surface area contributed by atoms with Crippen LogP contribution >= 0.6 is 0 Å². The summed E-state index contributed by atoms with van der Waals surface area (Å²) in [5.74, 6) is 1.35. The highest BCUT2D eigenvalue weighted by molar-refractivity contribution is 5.90. The minimum Gasteiger partial charge on any atom is -0.345 e. The summed E-state index contributed by atoms with van der Waals surface area (Å²) < 4.78 is 0. The largest absolute Gasteiger partial charge is 0.345 e. The first-order valence-electron chi connectivity index (χ1n) is 7.84. The average molecular weight is 284 g/mol. The molecule has 3 rings (SSSR count). The highest BCUT2D eigenvalue weighted by Gasteiger charge is 2.20. The highest BCUT2D eigenvalue weighted by Crippen LogP contribution is 2.28. The monoisotopic (exact) mass is 284 g/mol.